The number of hydrogen-bond donors (Lipinski definition) is 1. The first-order valence-electron chi connectivity index (χ1n) is 6.95. The van der Waals surface area contributed by atoms with Crippen molar-refractivity contribution in [3.63, 3.8) is 0 Å². The van der Waals surface area contributed by atoms with Crippen LogP contribution in [-0.2, 0) is 4.79 Å². The number of amides is 1. The van der Waals surface area contributed by atoms with Gasteiger partial charge in [0.25, 0.3) is 5.91 Å². The molecule has 0 aromatic heterocycles. The van der Waals surface area contributed by atoms with Gasteiger partial charge < -0.3 is 19.7 Å². The van der Waals surface area contributed by atoms with Crippen molar-refractivity contribution in [2.75, 3.05) is 33.9 Å². The fourth-order valence-corrected chi connectivity index (χ4v) is 2.04. The lowest BCUT2D eigenvalue weighted by Crippen LogP contribution is -2.27. The number of carbonyl (C=O) groups is 1. The molecule has 5 nitrogen and oxygen atoms in total. The van der Waals surface area contributed by atoms with Gasteiger partial charge in [-0.3, -0.25) is 4.79 Å². The van der Waals surface area contributed by atoms with Crippen molar-refractivity contribution in [1.29, 1.82) is 0 Å². The quantitative estimate of drug-likeness (QED) is 0.858. The molecule has 1 amide bonds. The summed E-state index contributed by atoms with van der Waals surface area (Å²) < 4.78 is 11.1. The predicted octanol–water partition coefficient (Wildman–Crippen LogP) is 1.59. The second-order valence-electron chi connectivity index (χ2n) is 5.09. The predicted molar refractivity (Wildman–Crippen MR) is 77.2 cm³/mol. The Bertz CT molecular complexity index is 474. The Morgan fingerprint density at radius 2 is 2.30 bits per heavy atom. The number of hydrogen-bond acceptors (Lipinski definition) is 4. The lowest BCUT2D eigenvalue weighted by atomic mass is 10.1. The number of rotatable bonds is 6. The van der Waals surface area contributed by atoms with Crippen LogP contribution in [0, 0.1) is 0 Å². The van der Waals surface area contributed by atoms with E-state index in [1.54, 1.807) is 14.1 Å². The molecule has 1 aromatic rings. The first kappa shape index (κ1) is 14.7. The molecular weight excluding hydrogens is 256 g/mol. The van der Waals surface area contributed by atoms with Gasteiger partial charge in [0, 0.05) is 25.7 Å². The third-order valence-electron chi connectivity index (χ3n) is 3.27. The van der Waals surface area contributed by atoms with Gasteiger partial charge in [-0.05, 0) is 25.1 Å². The van der Waals surface area contributed by atoms with Gasteiger partial charge in [0.2, 0.25) is 0 Å². The highest BCUT2D eigenvalue weighted by atomic mass is 16.5. The Morgan fingerprint density at radius 1 is 1.50 bits per heavy atom. The summed E-state index contributed by atoms with van der Waals surface area (Å²) in [6.07, 6.45) is 1.10. The number of nitrogens with one attached hydrogen (secondary N) is 1. The molecule has 1 aromatic carbocycles. The lowest BCUT2D eigenvalue weighted by molar-refractivity contribution is -0.130. The van der Waals surface area contributed by atoms with Gasteiger partial charge in [-0.15, -0.1) is 0 Å². The molecule has 0 fully saturated rings. The van der Waals surface area contributed by atoms with Crippen LogP contribution >= 0.6 is 0 Å². The van der Waals surface area contributed by atoms with Crippen molar-refractivity contribution >= 4 is 5.91 Å². The second kappa shape index (κ2) is 6.61. The molecule has 2 rings (SSSR count). The monoisotopic (exact) mass is 278 g/mol. The lowest BCUT2D eigenvalue weighted by Gasteiger charge is -2.12. The highest BCUT2D eigenvalue weighted by molar-refractivity contribution is 5.77. The Morgan fingerprint density at radius 3 is 3.00 bits per heavy atom. The Kier molecular flexibility index (Phi) is 4.84. The maximum Gasteiger partial charge on any atom is 0.259 e. The molecule has 20 heavy (non-hydrogen) atoms. The third kappa shape index (κ3) is 3.42. The molecule has 1 unspecified atom stereocenters. The van der Waals surface area contributed by atoms with Crippen LogP contribution in [0.25, 0.3) is 0 Å². The van der Waals surface area contributed by atoms with Crippen LogP contribution in [0.2, 0.25) is 0 Å². The molecule has 0 radical (unpaired) electrons. The summed E-state index contributed by atoms with van der Waals surface area (Å²) in [5, 5.41) is 3.45. The number of benzene rings is 1. The smallest absolute Gasteiger partial charge is 0.259 e. The minimum atomic E-state index is -0.0612. The molecule has 0 aliphatic carbocycles. The topological polar surface area (TPSA) is 50.8 Å². The van der Waals surface area contributed by atoms with E-state index in [9.17, 15) is 4.79 Å². The molecule has 110 valence electrons. The van der Waals surface area contributed by atoms with Crippen molar-refractivity contribution < 1.29 is 14.3 Å². The summed E-state index contributed by atoms with van der Waals surface area (Å²) in [5.41, 5.74) is 1.16. The van der Waals surface area contributed by atoms with Gasteiger partial charge in [0.05, 0.1) is 6.04 Å². The van der Waals surface area contributed by atoms with Gasteiger partial charge >= 0.3 is 0 Å². The van der Waals surface area contributed by atoms with E-state index in [0.29, 0.717) is 12.4 Å². The highest BCUT2D eigenvalue weighted by Gasteiger charge is 2.23. The zero-order valence-electron chi connectivity index (χ0n) is 12.3. The Hall–Kier alpha value is -1.75. The molecular formula is C15H22N2O3. The van der Waals surface area contributed by atoms with E-state index in [0.717, 1.165) is 24.3 Å². The van der Waals surface area contributed by atoms with E-state index in [4.69, 9.17) is 9.47 Å². The maximum absolute atomic E-state index is 11.5. The Labute approximate surface area is 119 Å². The van der Waals surface area contributed by atoms with Crippen molar-refractivity contribution in [3.05, 3.63) is 23.8 Å². The second-order valence-corrected chi connectivity index (χ2v) is 5.09. The van der Waals surface area contributed by atoms with Crippen LogP contribution in [0.1, 0.15) is 24.9 Å². The van der Waals surface area contributed by atoms with Crippen molar-refractivity contribution in [2.45, 2.75) is 19.4 Å². The SMILES string of the molecule is CCCNC1COc2cc(OCC(=O)N(C)C)ccc21. The largest absolute Gasteiger partial charge is 0.491 e. The summed E-state index contributed by atoms with van der Waals surface area (Å²) in [4.78, 5) is 13.0. The molecule has 1 aliphatic heterocycles. The molecule has 0 spiro atoms. The van der Waals surface area contributed by atoms with Crippen molar-refractivity contribution in [3.8, 4) is 11.5 Å². The average Bonchev–Trinajstić information content (AvgIpc) is 2.84. The normalized spacial score (nSPS) is 16.4. The first-order chi connectivity index (χ1) is 9.61. The van der Waals surface area contributed by atoms with Crippen LogP contribution < -0.4 is 14.8 Å². The van der Waals surface area contributed by atoms with Crippen molar-refractivity contribution in [1.82, 2.24) is 10.2 Å². The van der Waals surface area contributed by atoms with Gasteiger partial charge in [-0.25, -0.2) is 0 Å². The zero-order valence-corrected chi connectivity index (χ0v) is 12.3. The van der Waals surface area contributed by atoms with Crippen LogP contribution in [0.4, 0.5) is 0 Å². The van der Waals surface area contributed by atoms with Gasteiger partial charge in [0.15, 0.2) is 6.61 Å². The van der Waals surface area contributed by atoms with Crippen LogP contribution in [0.3, 0.4) is 0 Å². The fourth-order valence-electron chi connectivity index (χ4n) is 2.04. The van der Waals surface area contributed by atoms with Crippen LogP contribution in [0.15, 0.2) is 18.2 Å². The van der Waals surface area contributed by atoms with Gasteiger partial charge in [-0.1, -0.05) is 6.92 Å². The molecule has 1 aliphatic rings. The van der Waals surface area contributed by atoms with Crippen molar-refractivity contribution in [2.24, 2.45) is 0 Å². The minimum absolute atomic E-state index is 0.0449. The summed E-state index contributed by atoms with van der Waals surface area (Å²) in [7, 11) is 3.42. The highest BCUT2D eigenvalue weighted by Crippen LogP contribution is 2.35. The first-order valence-corrected chi connectivity index (χ1v) is 6.95. The molecule has 0 bridgehead atoms. The number of likely N-dealkylation sites (N-methyl/N-ethyl adjacent to an activating group) is 1. The fraction of sp³-hybridized carbons (Fsp3) is 0.533. The molecule has 5 heteroatoms. The summed E-state index contributed by atoms with van der Waals surface area (Å²) >= 11 is 0. The maximum atomic E-state index is 11.5. The summed E-state index contributed by atoms with van der Waals surface area (Å²) in [6.45, 7) is 3.81. The van der Waals surface area contributed by atoms with E-state index in [2.05, 4.69) is 12.2 Å². The van der Waals surface area contributed by atoms with E-state index >= 15 is 0 Å². The number of ether oxygens (including phenoxy) is 2. The molecule has 0 saturated carbocycles. The summed E-state index contributed by atoms with van der Waals surface area (Å²) in [6, 6.07) is 6.00. The van der Waals surface area contributed by atoms with Gasteiger partial charge in [0.1, 0.15) is 18.1 Å². The standard InChI is InChI=1S/C15H22N2O3/c1-4-7-16-13-9-20-14-8-11(5-6-12(13)14)19-10-15(18)17(2)3/h5-6,8,13,16H,4,7,9-10H2,1-3H3. The van der Waals surface area contributed by atoms with Crippen LogP contribution in [-0.4, -0.2) is 44.7 Å². The summed E-state index contributed by atoms with van der Waals surface area (Å²) in [5.74, 6) is 1.44. The zero-order chi connectivity index (χ0) is 14.5. The number of nitrogens with zero attached hydrogens (tertiary/aromatic N) is 1. The van der Waals surface area contributed by atoms with Crippen LogP contribution in [0.5, 0.6) is 11.5 Å². The van der Waals surface area contributed by atoms with E-state index < -0.39 is 0 Å². The van der Waals surface area contributed by atoms with E-state index in [1.165, 1.54) is 4.90 Å². The molecule has 0 saturated heterocycles. The number of carbonyl (C=O) groups excluding carboxylic acids is 1. The van der Waals surface area contributed by atoms with Gasteiger partial charge in [-0.2, -0.15) is 0 Å². The third-order valence-corrected chi connectivity index (χ3v) is 3.27. The average molecular weight is 278 g/mol. The Balaban J connectivity index is 1.97. The molecule has 1 heterocycles. The minimum Gasteiger partial charge on any atom is -0.491 e. The molecule has 1 atom stereocenters. The van der Waals surface area contributed by atoms with E-state index in [1.807, 2.05) is 18.2 Å². The number of fused-ring (bicyclic) bond motifs is 1. The van der Waals surface area contributed by atoms with E-state index in [-0.39, 0.29) is 18.6 Å². The molecule has 1 N–H and O–H groups in total.